The van der Waals surface area contributed by atoms with E-state index in [2.05, 4.69) is 18.3 Å². The predicted molar refractivity (Wildman–Crippen MR) is 96.8 cm³/mol. The van der Waals surface area contributed by atoms with E-state index in [0.29, 0.717) is 29.2 Å². The summed E-state index contributed by atoms with van der Waals surface area (Å²) in [5.74, 6) is 2.47. The maximum atomic E-state index is 11.3. The monoisotopic (exact) mass is 344 g/mol. The average molecular weight is 344 g/mol. The first-order valence-corrected chi connectivity index (χ1v) is 9.39. The molecular weight excluding hydrogens is 316 g/mol. The second-order valence-electron chi connectivity index (χ2n) is 8.29. The number of carbonyl (C=O) groups excluding carboxylic acids is 1. The van der Waals surface area contributed by atoms with Crippen molar-refractivity contribution in [2.75, 3.05) is 12.4 Å². The van der Waals surface area contributed by atoms with Crippen LogP contribution in [0.25, 0.3) is 0 Å². The molecule has 0 spiro atoms. The third-order valence-corrected chi connectivity index (χ3v) is 7.25. The first kappa shape index (κ1) is 16.7. The summed E-state index contributed by atoms with van der Waals surface area (Å²) in [4.78, 5) is 11.3. The van der Waals surface area contributed by atoms with Crippen molar-refractivity contribution in [2.24, 2.45) is 23.0 Å². The molecule has 2 fully saturated rings. The summed E-state index contributed by atoms with van der Waals surface area (Å²) >= 11 is 0. The van der Waals surface area contributed by atoms with E-state index in [1.807, 2.05) is 6.07 Å². The Morgan fingerprint density at radius 1 is 1.32 bits per heavy atom. The van der Waals surface area contributed by atoms with Crippen molar-refractivity contribution >= 4 is 11.7 Å². The van der Waals surface area contributed by atoms with Crippen molar-refractivity contribution < 1.29 is 14.6 Å². The lowest BCUT2D eigenvalue weighted by molar-refractivity contribution is -0.0226. The fourth-order valence-corrected chi connectivity index (χ4v) is 5.97. The molecule has 4 rings (SSSR count). The van der Waals surface area contributed by atoms with Gasteiger partial charge < -0.3 is 20.9 Å². The van der Waals surface area contributed by atoms with Gasteiger partial charge in [-0.1, -0.05) is 6.92 Å². The molecule has 5 atom stereocenters. The zero-order valence-corrected chi connectivity index (χ0v) is 15.0. The van der Waals surface area contributed by atoms with Crippen molar-refractivity contribution in [2.45, 2.75) is 57.5 Å². The van der Waals surface area contributed by atoms with Crippen molar-refractivity contribution in [3.05, 3.63) is 23.3 Å². The van der Waals surface area contributed by atoms with Crippen molar-refractivity contribution in [1.82, 2.24) is 0 Å². The van der Waals surface area contributed by atoms with Crippen LogP contribution < -0.4 is 15.8 Å². The number of aliphatic hydroxyl groups excluding tert-OH is 1. The summed E-state index contributed by atoms with van der Waals surface area (Å²) in [6.07, 6.45) is 6.32. The normalized spacial score (nSPS) is 36.1. The number of carbonyl (C=O) groups is 1. The molecule has 0 aromatic heterocycles. The van der Waals surface area contributed by atoms with Crippen LogP contribution in [0, 0.1) is 17.3 Å². The number of anilines is 1. The predicted octanol–water partition coefficient (Wildman–Crippen LogP) is 3.40. The summed E-state index contributed by atoms with van der Waals surface area (Å²) in [6.45, 7) is 2.29. The van der Waals surface area contributed by atoms with Gasteiger partial charge in [0, 0.05) is 0 Å². The molecule has 0 unspecified atom stereocenters. The lowest BCUT2D eigenvalue weighted by atomic mass is 9.55. The van der Waals surface area contributed by atoms with Crippen LogP contribution in [0.5, 0.6) is 5.75 Å². The van der Waals surface area contributed by atoms with E-state index in [1.165, 1.54) is 11.1 Å². The minimum Gasteiger partial charge on any atom is -0.495 e. The maximum Gasteiger partial charge on any atom is 0.316 e. The van der Waals surface area contributed by atoms with Gasteiger partial charge in [-0.3, -0.25) is 0 Å². The van der Waals surface area contributed by atoms with Gasteiger partial charge in [-0.2, -0.15) is 0 Å². The number of amides is 2. The number of hydrogen-bond donors (Lipinski definition) is 3. The number of ether oxygens (including phenoxy) is 1. The molecule has 136 valence electrons. The van der Waals surface area contributed by atoms with Crippen LogP contribution >= 0.6 is 0 Å². The van der Waals surface area contributed by atoms with Crippen LogP contribution in [0.3, 0.4) is 0 Å². The molecule has 0 bridgehead atoms. The van der Waals surface area contributed by atoms with Gasteiger partial charge in [0.2, 0.25) is 0 Å². The lowest BCUT2D eigenvalue weighted by Gasteiger charge is -2.50. The molecule has 0 saturated heterocycles. The zero-order chi connectivity index (χ0) is 17.8. The van der Waals surface area contributed by atoms with Crippen LogP contribution in [0.1, 0.15) is 56.1 Å². The molecule has 1 aromatic carbocycles. The van der Waals surface area contributed by atoms with Gasteiger partial charge in [0.05, 0.1) is 18.9 Å². The van der Waals surface area contributed by atoms with Crippen LogP contribution in [0.15, 0.2) is 12.1 Å². The number of hydrogen-bond acceptors (Lipinski definition) is 3. The number of fused-ring (bicyclic) bond motifs is 5. The van der Waals surface area contributed by atoms with Crippen LogP contribution in [-0.4, -0.2) is 24.4 Å². The SMILES string of the molecule is COc1cc2c(cc1NC(N)=O)CC[C@@H]1[C@@H]2CC[C@]2(C)[C@@H](O)CC[C@@H]12. The molecule has 5 heteroatoms. The quantitative estimate of drug-likeness (QED) is 0.769. The van der Waals surface area contributed by atoms with Crippen molar-refractivity contribution in [3.8, 4) is 5.75 Å². The smallest absolute Gasteiger partial charge is 0.316 e. The summed E-state index contributed by atoms with van der Waals surface area (Å²) in [5, 5.41) is 13.2. The standard InChI is InChI=1S/C20H28N2O3/c1-20-8-7-12-13(15(20)5-6-18(20)23)4-3-11-9-16(22-19(21)24)17(25-2)10-14(11)12/h9-10,12-13,15,18,23H,3-8H2,1-2H3,(H3,21,22,24)/t12-,13+,15-,18-,20-/m0/s1. The molecule has 0 aliphatic heterocycles. The molecule has 0 radical (unpaired) electrons. The number of primary amides is 1. The second kappa shape index (κ2) is 5.90. The highest BCUT2D eigenvalue weighted by Crippen LogP contribution is 2.61. The van der Waals surface area contributed by atoms with Gasteiger partial charge in [-0.25, -0.2) is 4.79 Å². The fraction of sp³-hybridized carbons (Fsp3) is 0.650. The Bertz CT molecular complexity index is 704. The molecule has 4 N–H and O–H groups in total. The average Bonchev–Trinajstić information content (AvgIpc) is 2.89. The van der Waals surface area contributed by atoms with Crippen molar-refractivity contribution in [3.63, 3.8) is 0 Å². The number of methoxy groups -OCH3 is 1. The first-order valence-electron chi connectivity index (χ1n) is 9.39. The van der Waals surface area contributed by atoms with E-state index in [0.717, 1.165) is 38.5 Å². The van der Waals surface area contributed by atoms with Gasteiger partial charge in [0.1, 0.15) is 5.75 Å². The van der Waals surface area contributed by atoms with E-state index < -0.39 is 6.03 Å². The van der Waals surface area contributed by atoms with Gasteiger partial charge in [0.15, 0.2) is 0 Å². The minimum atomic E-state index is -0.569. The molecule has 25 heavy (non-hydrogen) atoms. The summed E-state index contributed by atoms with van der Waals surface area (Å²) in [5.41, 5.74) is 8.70. The Morgan fingerprint density at radius 3 is 2.84 bits per heavy atom. The van der Waals surface area contributed by atoms with Crippen molar-refractivity contribution in [1.29, 1.82) is 0 Å². The minimum absolute atomic E-state index is 0.0935. The number of urea groups is 1. The molecule has 2 amide bonds. The molecule has 3 aliphatic rings. The summed E-state index contributed by atoms with van der Waals surface area (Å²) < 4.78 is 5.51. The van der Waals surface area contributed by atoms with Gasteiger partial charge in [-0.15, -0.1) is 0 Å². The molecule has 3 aliphatic carbocycles. The number of benzene rings is 1. The number of rotatable bonds is 2. The Labute approximate surface area is 148 Å². The number of aryl methyl sites for hydroxylation is 1. The Hall–Kier alpha value is -1.75. The lowest BCUT2D eigenvalue weighted by Crippen LogP contribution is -2.43. The summed E-state index contributed by atoms with van der Waals surface area (Å²) in [6, 6.07) is 3.57. The molecule has 2 saturated carbocycles. The molecule has 0 heterocycles. The Balaban J connectivity index is 1.70. The highest BCUT2D eigenvalue weighted by molar-refractivity contribution is 5.90. The van der Waals surface area contributed by atoms with Gasteiger partial charge >= 0.3 is 6.03 Å². The van der Waals surface area contributed by atoms with Gasteiger partial charge in [0.25, 0.3) is 0 Å². The largest absolute Gasteiger partial charge is 0.495 e. The number of nitrogens with one attached hydrogen (secondary N) is 1. The van der Waals surface area contributed by atoms with E-state index in [9.17, 15) is 9.90 Å². The second-order valence-corrected chi connectivity index (χ2v) is 8.29. The fourth-order valence-electron chi connectivity index (χ4n) is 5.97. The van der Waals surface area contributed by atoms with E-state index in [4.69, 9.17) is 10.5 Å². The Kier molecular flexibility index (Phi) is 3.95. The molecule has 5 nitrogen and oxygen atoms in total. The van der Waals surface area contributed by atoms with E-state index in [-0.39, 0.29) is 11.5 Å². The first-order chi connectivity index (χ1) is 11.9. The van der Waals surface area contributed by atoms with Crippen LogP contribution in [0.4, 0.5) is 10.5 Å². The maximum absolute atomic E-state index is 11.3. The Morgan fingerprint density at radius 2 is 2.12 bits per heavy atom. The third kappa shape index (κ3) is 2.51. The van der Waals surface area contributed by atoms with E-state index >= 15 is 0 Å². The van der Waals surface area contributed by atoms with Crippen LogP contribution in [0.2, 0.25) is 0 Å². The number of aliphatic hydroxyl groups is 1. The highest BCUT2D eigenvalue weighted by Gasteiger charge is 2.54. The van der Waals surface area contributed by atoms with E-state index in [1.54, 1.807) is 7.11 Å². The van der Waals surface area contributed by atoms with Crippen LogP contribution in [-0.2, 0) is 6.42 Å². The van der Waals surface area contributed by atoms with Gasteiger partial charge in [-0.05, 0) is 85.0 Å². The molecule has 1 aromatic rings. The summed E-state index contributed by atoms with van der Waals surface area (Å²) in [7, 11) is 1.62. The zero-order valence-electron chi connectivity index (χ0n) is 15.0. The highest BCUT2D eigenvalue weighted by atomic mass is 16.5. The third-order valence-electron chi connectivity index (χ3n) is 7.25. The molecular formula is C20H28N2O3. The topological polar surface area (TPSA) is 84.6 Å². The number of nitrogens with two attached hydrogens (primary N) is 1.